The molecule has 2 unspecified atom stereocenters. The molecule has 2 atom stereocenters. The Bertz CT molecular complexity index is 421. The Balaban J connectivity index is 1.39. The molecule has 1 aromatic rings. The number of aliphatic hydroxyl groups is 1. The highest BCUT2D eigenvalue weighted by Gasteiger charge is 2.37. The molecule has 2 aliphatic rings. The molecule has 1 aliphatic carbocycles. The number of rotatable bonds is 7. The van der Waals surface area contributed by atoms with E-state index < -0.39 is 6.10 Å². The second-order valence-electron chi connectivity index (χ2n) is 6.13. The van der Waals surface area contributed by atoms with Gasteiger partial charge in [-0.2, -0.15) is 0 Å². The van der Waals surface area contributed by atoms with Gasteiger partial charge >= 0.3 is 0 Å². The predicted octanol–water partition coefficient (Wildman–Crippen LogP) is 1.67. The van der Waals surface area contributed by atoms with Gasteiger partial charge in [0.1, 0.15) is 0 Å². The van der Waals surface area contributed by atoms with Crippen LogP contribution in [0.1, 0.15) is 18.4 Å². The summed E-state index contributed by atoms with van der Waals surface area (Å²) in [5.41, 5.74) is 1.15. The molecule has 4 heteroatoms. The van der Waals surface area contributed by atoms with Gasteiger partial charge in [0.25, 0.3) is 0 Å². The number of morpholine rings is 1. The first-order valence-corrected chi connectivity index (χ1v) is 7.94. The van der Waals surface area contributed by atoms with Crippen molar-refractivity contribution in [2.24, 2.45) is 5.92 Å². The summed E-state index contributed by atoms with van der Waals surface area (Å²) in [6.45, 7) is 4.18. The SMILES string of the molecule is OC(COCc1ccccc1)CN1CCOCC1C1CC1. The molecule has 2 fully saturated rings. The van der Waals surface area contributed by atoms with Crippen molar-refractivity contribution in [1.29, 1.82) is 0 Å². The Hall–Kier alpha value is -0.940. The van der Waals surface area contributed by atoms with E-state index in [4.69, 9.17) is 9.47 Å². The summed E-state index contributed by atoms with van der Waals surface area (Å²) in [6.07, 6.45) is 2.20. The molecule has 116 valence electrons. The van der Waals surface area contributed by atoms with Crippen LogP contribution in [-0.2, 0) is 16.1 Å². The normalized spacial score (nSPS) is 24.9. The molecule has 0 amide bonds. The van der Waals surface area contributed by atoms with Crippen molar-refractivity contribution in [3.63, 3.8) is 0 Å². The van der Waals surface area contributed by atoms with E-state index in [1.165, 1.54) is 12.8 Å². The van der Waals surface area contributed by atoms with E-state index in [1.807, 2.05) is 30.3 Å². The van der Waals surface area contributed by atoms with Gasteiger partial charge in [-0.3, -0.25) is 4.90 Å². The number of nitrogens with zero attached hydrogens (tertiary/aromatic N) is 1. The molecule has 1 saturated carbocycles. The molecular formula is C17H25NO3. The van der Waals surface area contributed by atoms with Crippen molar-refractivity contribution in [1.82, 2.24) is 4.90 Å². The zero-order valence-corrected chi connectivity index (χ0v) is 12.5. The smallest absolute Gasteiger partial charge is 0.0900 e. The molecule has 1 N–H and O–H groups in total. The quantitative estimate of drug-likeness (QED) is 0.830. The number of hydrogen-bond donors (Lipinski definition) is 1. The topological polar surface area (TPSA) is 41.9 Å². The van der Waals surface area contributed by atoms with Crippen LogP contribution in [0.2, 0.25) is 0 Å². The second kappa shape index (κ2) is 7.36. The fourth-order valence-electron chi connectivity index (χ4n) is 3.01. The Labute approximate surface area is 126 Å². The van der Waals surface area contributed by atoms with Crippen molar-refractivity contribution in [2.75, 3.05) is 32.9 Å². The molecule has 21 heavy (non-hydrogen) atoms. The van der Waals surface area contributed by atoms with Crippen LogP contribution in [0.25, 0.3) is 0 Å². The Morgan fingerprint density at radius 1 is 1.29 bits per heavy atom. The number of benzene rings is 1. The van der Waals surface area contributed by atoms with Crippen LogP contribution >= 0.6 is 0 Å². The minimum Gasteiger partial charge on any atom is -0.389 e. The van der Waals surface area contributed by atoms with Gasteiger partial charge in [-0.15, -0.1) is 0 Å². The molecule has 1 aliphatic heterocycles. The van der Waals surface area contributed by atoms with E-state index >= 15 is 0 Å². The van der Waals surface area contributed by atoms with Gasteiger partial charge in [-0.25, -0.2) is 0 Å². The zero-order chi connectivity index (χ0) is 14.5. The first-order valence-electron chi connectivity index (χ1n) is 7.94. The summed E-state index contributed by atoms with van der Waals surface area (Å²) in [5.74, 6) is 0.780. The molecule has 1 aromatic carbocycles. The maximum Gasteiger partial charge on any atom is 0.0900 e. The van der Waals surface area contributed by atoms with Crippen molar-refractivity contribution >= 4 is 0 Å². The minimum atomic E-state index is -0.423. The lowest BCUT2D eigenvalue weighted by molar-refractivity contribution is -0.0500. The molecule has 3 rings (SSSR count). The number of β-amino-alcohol motifs (C(OH)–C–C–N with tert-alkyl or cyclic N) is 1. The predicted molar refractivity (Wildman–Crippen MR) is 81.0 cm³/mol. The van der Waals surface area contributed by atoms with Crippen LogP contribution < -0.4 is 0 Å². The average molecular weight is 291 g/mol. The fourth-order valence-corrected chi connectivity index (χ4v) is 3.01. The van der Waals surface area contributed by atoms with E-state index in [9.17, 15) is 5.11 Å². The van der Waals surface area contributed by atoms with Crippen LogP contribution in [0.4, 0.5) is 0 Å². The molecular weight excluding hydrogens is 266 g/mol. The van der Waals surface area contributed by atoms with E-state index in [0.717, 1.165) is 31.2 Å². The van der Waals surface area contributed by atoms with Crippen molar-refractivity contribution < 1.29 is 14.6 Å². The van der Waals surface area contributed by atoms with Crippen LogP contribution in [0.3, 0.4) is 0 Å². The van der Waals surface area contributed by atoms with Crippen LogP contribution in [0.5, 0.6) is 0 Å². The zero-order valence-electron chi connectivity index (χ0n) is 12.5. The lowest BCUT2D eigenvalue weighted by atomic mass is 10.1. The van der Waals surface area contributed by atoms with Gasteiger partial charge in [0.2, 0.25) is 0 Å². The van der Waals surface area contributed by atoms with Crippen LogP contribution in [0.15, 0.2) is 30.3 Å². The molecule has 0 bridgehead atoms. The Morgan fingerprint density at radius 3 is 2.86 bits per heavy atom. The summed E-state index contributed by atoms with van der Waals surface area (Å²) in [4.78, 5) is 2.39. The van der Waals surface area contributed by atoms with Gasteiger partial charge in [0.15, 0.2) is 0 Å². The van der Waals surface area contributed by atoms with Gasteiger partial charge < -0.3 is 14.6 Å². The van der Waals surface area contributed by atoms with Crippen molar-refractivity contribution in [3.8, 4) is 0 Å². The van der Waals surface area contributed by atoms with Crippen molar-refractivity contribution in [2.45, 2.75) is 31.6 Å². The number of ether oxygens (including phenoxy) is 2. The third kappa shape index (κ3) is 4.51. The molecule has 0 spiro atoms. The second-order valence-corrected chi connectivity index (χ2v) is 6.13. The lowest BCUT2D eigenvalue weighted by Crippen LogP contribution is -2.50. The summed E-state index contributed by atoms with van der Waals surface area (Å²) in [7, 11) is 0. The van der Waals surface area contributed by atoms with Gasteiger partial charge in [-0.05, 0) is 24.3 Å². The van der Waals surface area contributed by atoms with Gasteiger partial charge in [-0.1, -0.05) is 30.3 Å². The molecule has 1 heterocycles. The number of aliphatic hydroxyl groups excluding tert-OH is 1. The third-order valence-corrected chi connectivity index (χ3v) is 4.31. The largest absolute Gasteiger partial charge is 0.389 e. The monoisotopic (exact) mass is 291 g/mol. The molecule has 0 aromatic heterocycles. The molecule has 4 nitrogen and oxygen atoms in total. The molecule has 0 radical (unpaired) electrons. The van der Waals surface area contributed by atoms with Gasteiger partial charge in [0.05, 0.1) is 32.5 Å². The van der Waals surface area contributed by atoms with Crippen LogP contribution in [-0.4, -0.2) is 55.1 Å². The maximum absolute atomic E-state index is 10.2. The first-order chi connectivity index (χ1) is 10.3. The summed E-state index contributed by atoms with van der Waals surface area (Å²) in [6, 6.07) is 10.6. The summed E-state index contributed by atoms with van der Waals surface area (Å²) >= 11 is 0. The highest BCUT2D eigenvalue weighted by atomic mass is 16.5. The lowest BCUT2D eigenvalue weighted by Gasteiger charge is -2.36. The first kappa shape index (κ1) is 15.0. The highest BCUT2D eigenvalue weighted by Crippen LogP contribution is 2.36. The minimum absolute atomic E-state index is 0.392. The highest BCUT2D eigenvalue weighted by molar-refractivity contribution is 5.13. The third-order valence-electron chi connectivity index (χ3n) is 4.31. The number of hydrogen-bond acceptors (Lipinski definition) is 4. The average Bonchev–Trinajstić information content (AvgIpc) is 3.33. The summed E-state index contributed by atoms with van der Waals surface area (Å²) < 4.78 is 11.2. The Morgan fingerprint density at radius 2 is 2.10 bits per heavy atom. The van der Waals surface area contributed by atoms with E-state index in [0.29, 0.717) is 25.8 Å². The summed E-state index contributed by atoms with van der Waals surface area (Å²) in [5, 5.41) is 10.2. The van der Waals surface area contributed by atoms with Crippen molar-refractivity contribution in [3.05, 3.63) is 35.9 Å². The standard InChI is InChI=1S/C17H25NO3/c19-16(12-21-11-14-4-2-1-3-5-14)10-18-8-9-20-13-17(18)15-6-7-15/h1-5,15-17,19H,6-13H2. The maximum atomic E-state index is 10.2. The van der Waals surface area contributed by atoms with E-state index in [1.54, 1.807) is 0 Å². The van der Waals surface area contributed by atoms with E-state index in [-0.39, 0.29) is 0 Å². The molecule has 1 saturated heterocycles. The van der Waals surface area contributed by atoms with E-state index in [2.05, 4.69) is 4.90 Å². The fraction of sp³-hybridized carbons (Fsp3) is 0.647. The Kier molecular flexibility index (Phi) is 5.25. The van der Waals surface area contributed by atoms with Crippen LogP contribution in [0, 0.1) is 5.92 Å². The van der Waals surface area contributed by atoms with Gasteiger partial charge in [0, 0.05) is 19.1 Å².